The average Bonchev–Trinajstić information content (AvgIpc) is 2.48. The van der Waals surface area contributed by atoms with Gasteiger partial charge in [0.2, 0.25) is 11.4 Å². The van der Waals surface area contributed by atoms with Gasteiger partial charge in [-0.05, 0) is 51.0 Å². The van der Waals surface area contributed by atoms with Gasteiger partial charge in [-0.3, -0.25) is 4.79 Å². The summed E-state index contributed by atoms with van der Waals surface area (Å²) in [5.41, 5.74) is 1.49. The third-order valence-corrected chi connectivity index (χ3v) is 5.59. The molecule has 0 bridgehead atoms. The Bertz CT molecular complexity index is 602. The van der Waals surface area contributed by atoms with Crippen LogP contribution in [0.1, 0.15) is 39.7 Å². The number of ether oxygens (including phenoxy) is 1. The Hall–Kier alpha value is -0.720. The number of halogens is 2. The lowest BCUT2D eigenvalue weighted by Gasteiger charge is -2.20. The first kappa shape index (κ1) is 21.3. The van der Waals surface area contributed by atoms with Crippen molar-refractivity contribution in [3.8, 4) is 0 Å². The van der Waals surface area contributed by atoms with Crippen molar-refractivity contribution >= 4 is 46.1 Å². The fraction of sp³-hybridized carbons (Fsp3) is 0.471. The molecule has 0 aliphatic heterocycles. The van der Waals surface area contributed by atoms with Crippen LogP contribution in [-0.2, 0) is 20.9 Å². The van der Waals surface area contributed by atoms with E-state index in [-0.39, 0.29) is 13.0 Å². The minimum absolute atomic E-state index is 0.269. The molecule has 1 aromatic rings. The predicted octanol–water partition coefficient (Wildman–Crippen LogP) is 4.72. The highest BCUT2D eigenvalue weighted by atomic mass is 35.5. The highest BCUT2D eigenvalue weighted by molar-refractivity contribution is 7.90. The molecule has 1 unspecified atom stereocenters. The van der Waals surface area contributed by atoms with E-state index in [1.165, 1.54) is 0 Å². The van der Waals surface area contributed by atoms with Crippen LogP contribution in [0.15, 0.2) is 24.8 Å². The second kappa shape index (κ2) is 9.11. The summed E-state index contributed by atoms with van der Waals surface area (Å²) in [6.45, 7) is 11.7. The molecule has 4 nitrogen and oxygen atoms in total. The van der Waals surface area contributed by atoms with Crippen LogP contribution in [0, 0.1) is 0 Å². The number of rotatable bonds is 7. The van der Waals surface area contributed by atoms with Gasteiger partial charge in [0.1, 0.15) is 0 Å². The maximum atomic E-state index is 12.2. The zero-order valence-corrected chi connectivity index (χ0v) is 16.7. The minimum atomic E-state index is -1.16. The summed E-state index contributed by atoms with van der Waals surface area (Å²) in [5.74, 6) is -0.422. The molecule has 0 saturated heterocycles. The van der Waals surface area contributed by atoms with Crippen molar-refractivity contribution in [1.82, 2.24) is 4.72 Å². The molecule has 0 radical (unpaired) electrons. The van der Waals surface area contributed by atoms with Crippen molar-refractivity contribution in [2.75, 3.05) is 6.61 Å². The average molecular weight is 393 g/mol. The number of carbonyl (C=O) groups excluding carboxylic acids is 1. The summed E-state index contributed by atoms with van der Waals surface area (Å²) in [4.78, 5) is 12.2. The van der Waals surface area contributed by atoms with E-state index in [1.54, 1.807) is 25.1 Å². The Balaban J connectivity index is 2.92. The molecule has 0 heterocycles. The van der Waals surface area contributed by atoms with Crippen molar-refractivity contribution in [2.45, 2.75) is 44.9 Å². The van der Waals surface area contributed by atoms with Crippen molar-refractivity contribution in [3.63, 3.8) is 0 Å². The second-order valence-corrected chi connectivity index (χ2v) is 9.10. The van der Waals surface area contributed by atoms with E-state index in [4.69, 9.17) is 27.9 Å². The van der Waals surface area contributed by atoms with Gasteiger partial charge in [0, 0.05) is 6.42 Å². The van der Waals surface area contributed by atoms with Crippen LogP contribution in [0.3, 0.4) is 0 Å². The molecule has 0 aromatic heterocycles. The monoisotopic (exact) mass is 392 g/mol. The van der Waals surface area contributed by atoms with E-state index in [2.05, 4.69) is 11.3 Å². The molecule has 1 aromatic carbocycles. The van der Waals surface area contributed by atoms with Crippen LogP contribution in [0.4, 0.5) is 0 Å². The third-order valence-electron chi connectivity index (χ3n) is 3.18. The van der Waals surface area contributed by atoms with Crippen LogP contribution in [-0.4, -0.2) is 27.9 Å². The Labute approximate surface area is 156 Å². The van der Waals surface area contributed by atoms with Crippen molar-refractivity contribution in [1.29, 1.82) is 0 Å². The highest BCUT2D eigenvalue weighted by Crippen LogP contribution is 2.28. The lowest BCUT2D eigenvalue weighted by atomic mass is 10.0. The molecule has 134 valence electrons. The van der Waals surface area contributed by atoms with E-state index >= 15 is 0 Å². The molecule has 0 aliphatic carbocycles. The predicted molar refractivity (Wildman–Crippen MR) is 103 cm³/mol. The van der Waals surface area contributed by atoms with Gasteiger partial charge in [0.25, 0.3) is 0 Å². The van der Waals surface area contributed by atoms with E-state index in [1.807, 2.05) is 20.8 Å². The van der Waals surface area contributed by atoms with E-state index in [0.717, 1.165) is 5.56 Å². The molecular weight excluding hydrogens is 369 g/mol. The number of carbonyl (C=O) groups is 1. The Morgan fingerprint density at radius 2 is 2.00 bits per heavy atom. The van der Waals surface area contributed by atoms with Gasteiger partial charge >= 0.3 is 5.97 Å². The Morgan fingerprint density at radius 1 is 1.38 bits per heavy atom. The van der Waals surface area contributed by atoms with Crippen molar-refractivity contribution in [3.05, 3.63) is 40.4 Å². The van der Waals surface area contributed by atoms with Gasteiger partial charge in [-0.25, -0.2) is 0 Å². The standard InChI is InChI=1S/C17H24Cl2NO3S/c1-6-23-16(21)15(20-24(22)17(3,4)5)9-11(2)12-7-8-13(18)14(19)10-12/h7-8,10,15,20,22H,2,6,9H2,1,3-5H3/q+1/t15-,24?/m1/s1. The van der Waals surface area contributed by atoms with Crippen molar-refractivity contribution in [2.24, 2.45) is 0 Å². The SMILES string of the molecule is C=C(C[C@@H](N[S+](O)C(C)(C)C)C(=O)OCC)c1ccc(Cl)c(Cl)c1. The first-order chi connectivity index (χ1) is 11.1. The normalized spacial score (nSPS) is 14.1. The first-order valence-electron chi connectivity index (χ1n) is 7.55. The summed E-state index contributed by atoms with van der Waals surface area (Å²) in [6.07, 6.45) is 0.289. The summed E-state index contributed by atoms with van der Waals surface area (Å²) >= 11 is 10.8. The lowest BCUT2D eigenvalue weighted by Crippen LogP contribution is -2.48. The largest absolute Gasteiger partial charge is 0.465 e. The number of nitrogens with one attached hydrogen (secondary N) is 1. The lowest BCUT2D eigenvalue weighted by molar-refractivity contribution is -0.144. The Kier molecular flexibility index (Phi) is 8.09. The molecule has 0 aliphatic rings. The number of hydrogen-bond acceptors (Lipinski definition) is 4. The van der Waals surface area contributed by atoms with Crippen LogP contribution >= 0.6 is 23.2 Å². The molecule has 0 amide bonds. The quantitative estimate of drug-likeness (QED) is 0.520. The van der Waals surface area contributed by atoms with Crippen LogP contribution in [0.2, 0.25) is 10.0 Å². The third kappa shape index (κ3) is 6.30. The minimum Gasteiger partial charge on any atom is -0.465 e. The van der Waals surface area contributed by atoms with Gasteiger partial charge in [0.05, 0.1) is 16.7 Å². The van der Waals surface area contributed by atoms with Crippen molar-refractivity contribution < 1.29 is 14.1 Å². The topological polar surface area (TPSA) is 58.6 Å². The Morgan fingerprint density at radius 3 is 2.50 bits per heavy atom. The molecule has 0 spiro atoms. The number of hydrogen-bond donors (Lipinski definition) is 2. The first-order valence-corrected chi connectivity index (χ1v) is 9.49. The maximum Gasteiger partial charge on any atom is 0.328 e. The van der Waals surface area contributed by atoms with Crippen LogP contribution in [0.5, 0.6) is 0 Å². The van der Waals surface area contributed by atoms with Crippen LogP contribution in [0.25, 0.3) is 5.57 Å². The summed E-state index contributed by atoms with van der Waals surface area (Å²) < 4.78 is 17.9. The molecular formula is C17H24Cl2NO3S+. The van der Waals surface area contributed by atoms with E-state index in [0.29, 0.717) is 15.6 Å². The van der Waals surface area contributed by atoms with Gasteiger partial charge in [-0.15, -0.1) is 0 Å². The fourth-order valence-corrected chi connectivity index (χ4v) is 2.91. The molecule has 1 rings (SSSR count). The molecule has 0 fully saturated rings. The summed E-state index contributed by atoms with van der Waals surface area (Å²) in [5, 5.41) is 0.880. The van der Waals surface area contributed by atoms with E-state index in [9.17, 15) is 9.35 Å². The van der Waals surface area contributed by atoms with Gasteiger partial charge in [0.15, 0.2) is 10.8 Å². The summed E-state index contributed by atoms with van der Waals surface area (Å²) in [6, 6.07) is 4.49. The number of esters is 1. The smallest absolute Gasteiger partial charge is 0.328 e. The fourth-order valence-electron chi connectivity index (χ4n) is 1.81. The second-order valence-electron chi connectivity index (χ2n) is 6.26. The van der Waals surface area contributed by atoms with E-state index < -0.39 is 28.1 Å². The van der Waals surface area contributed by atoms with Crippen LogP contribution < -0.4 is 4.72 Å². The maximum absolute atomic E-state index is 12.2. The summed E-state index contributed by atoms with van der Waals surface area (Å²) in [7, 11) is 0. The molecule has 24 heavy (non-hydrogen) atoms. The molecule has 2 N–H and O–H groups in total. The van der Waals surface area contributed by atoms with Gasteiger partial charge < -0.3 is 4.74 Å². The number of benzene rings is 1. The molecule has 7 heteroatoms. The van der Waals surface area contributed by atoms with Gasteiger partial charge in [-0.2, -0.15) is 4.55 Å². The zero-order chi connectivity index (χ0) is 18.5. The zero-order valence-electron chi connectivity index (χ0n) is 14.4. The van der Waals surface area contributed by atoms with Gasteiger partial charge in [-0.1, -0.05) is 40.6 Å². The molecule has 2 atom stereocenters. The molecule has 0 saturated carbocycles. The highest BCUT2D eigenvalue weighted by Gasteiger charge is 2.39.